The van der Waals surface area contributed by atoms with Crippen LogP contribution < -0.4 is 4.90 Å². The predicted molar refractivity (Wildman–Crippen MR) is 80.3 cm³/mol. The lowest BCUT2D eigenvalue weighted by Crippen LogP contribution is -2.14. The van der Waals surface area contributed by atoms with Gasteiger partial charge in [0, 0.05) is 18.8 Å². The first kappa shape index (κ1) is 10.6. The van der Waals surface area contributed by atoms with Gasteiger partial charge in [0.15, 0.2) is 0 Å². The minimum absolute atomic E-state index is 1.02. The zero-order valence-electron chi connectivity index (χ0n) is 10.7. The summed E-state index contributed by atoms with van der Waals surface area (Å²) in [5.74, 6) is 0. The Hall–Kier alpha value is -2.28. The van der Waals surface area contributed by atoms with Crippen molar-refractivity contribution in [1.29, 1.82) is 0 Å². The Morgan fingerprint density at radius 1 is 0.632 bits per heavy atom. The highest BCUT2D eigenvalue weighted by atomic mass is 15.1. The van der Waals surface area contributed by atoms with Crippen LogP contribution in [0.4, 0.5) is 5.69 Å². The minimum atomic E-state index is 1.02. The molecule has 1 heterocycles. The van der Waals surface area contributed by atoms with E-state index in [0.717, 1.165) is 13.1 Å². The van der Waals surface area contributed by atoms with E-state index < -0.39 is 0 Å². The lowest BCUT2D eigenvalue weighted by atomic mass is 10.1. The van der Waals surface area contributed by atoms with Crippen molar-refractivity contribution in [2.45, 2.75) is 13.1 Å². The van der Waals surface area contributed by atoms with Crippen LogP contribution in [0.1, 0.15) is 11.1 Å². The molecule has 1 aliphatic rings. The van der Waals surface area contributed by atoms with Gasteiger partial charge in [-0.25, -0.2) is 0 Å². The van der Waals surface area contributed by atoms with Gasteiger partial charge in [-0.05, 0) is 34.0 Å². The molecule has 0 saturated carbocycles. The maximum atomic E-state index is 2.44. The lowest BCUT2D eigenvalue weighted by molar-refractivity contribution is 0.882. The van der Waals surface area contributed by atoms with Crippen molar-refractivity contribution in [3.8, 4) is 0 Å². The third-order valence-electron chi connectivity index (χ3n) is 3.94. The van der Waals surface area contributed by atoms with Gasteiger partial charge < -0.3 is 4.90 Å². The monoisotopic (exact) mass is 245 g/mol. The second-order valence-electron chi connectivity index (χ2n) is 5.16. The van der Waals surface area contributed by atoms with Crippen LogP contribution in [-0.4, -0.2) is 0 Å². The molecule has 0 N–H and O–H groups in total. The van der Waals surface area contributed by atoms with E-state index in [2.05, 4.69) is 71.6 Å². The van der Waals surface area contributed by atoms with Crippen LogP contribution >= 0.6 is 0 Å². The molecule has 0 aliphatic carbocycles. The van der Waals surface area contributed by atoms with E-state index in [1.54, 1.807) is 0 Å². The van der Waals surface area contributed by atoms with Gasteiger partial charge in [-0.15, -0.1) is 0 Å². The van der Waals surface area contributed by atoms with Gasteiger partial charge in [0.05, 0.1) is 0 Å². The Labute approximate surface area is 113 Å². The highest BCUT2D eigenvalue weighted by Gasteiger charge is 2.18. The molecule has 0 amide bonds. The number of fused-ring (bicyclic) bond motifs is 2. The van der Waals surface area contributed by atoms with Crippen LogP contribution in [0.15, 0.2) is 66.7 Å². The number of nitrogens with zero attached hydrogens (tertiary/aromatic N) is 1. The van der Waals surface area contributed by atoms with Crippen LogP contribution in [-0.2, 0) is 13.1 Å². The molecule has 0 radical (unpaired) electrons. The molecule has 1 aliphatic heterocycles. The summed E-state index contributed by atoms with van der Waals surface area (Å²) in [4.78, 5) is 2.44. The van der Waals surface area contributed by atoms with Gasteiger partial charge in [0.2, 0.25) is 0 Å². The highest BCUT2D eigenvalue weighted by Crippen LogP contribution is 2.30. The third kappa shape index (κ3) is 1.78. The average molecular weight is 245 g/mol. The van der Waals surface area contributed by atoms with E-state index in [1.807, 2.05) is 0 Å². The maximum Gasteiger partial charge on any atom is 0.0436 e. The zero-order valence-corrected chi connectivity index (χ0v) is 10.7. The van der Waals surface area contributed by atoms with Crippen LogP contribution in [0.25, 0.3) is 10.8 Å². The van der Waals surface area contributed by atoms with E-state index in [0.29, 0.717) is 0 Å². The van der Waals surface area contributed by atoms with E-state index in [4.69, 9.17) is 0 Å². The van der Waals surface area contributed by atoms with E-state index in [-0.39, 0.29) is 0 Å². The third-order valence-corrected chi connectivity index (χ3v) is 3.94. The molecule has 4 rings (SSSR count). The van der Waals surface area contributed by atoms with Crippen LogP contribution in [0.5, 0.6) is 0 Å². The van der Waals surface area contributed by atoms with Gasteiger partial charge in [-0.3, -0.25) is 0 Å². The summed E-state index contributed by atoms with van der Waals surface area (Å²) in [7, 11) is 0. The Balaban J connectivity index is 1.73. The van der Waals surface area contributed by atoms with Crippen molar-refractivity contribution in [3.63, 3.8) is 0 Å². The van der Waals surface area contributed by atoms with Crippen LogP contribution in [0.3, 0.4) is 0 Å². The molecule has 0 atom stereocenters. The molecule has 0 saturated heterocycles. The molecule has 19 heavy (non-hydrogen) atoms. The molecule has 0 fully saturated rings. The molecule has 0 unspecified atom stereocenters. The summed E-state index contributed by atoms with van der Waals surface area (Å²) in [6.07, 6.45) is 0. The van der Waals surface area contributed by atoms with Crippen molar-refractivity contribution in [2.24, 2.45) is 0 Å². The minimum Gasteiger partial charge on any atom is -0.363 e. The van der Waals surface area contributed by atoms with E-state index >= 15 is 0 Å². The largest absolute Gasteiger partial charge is 0.363 e. The van der Waals surface area contributed by atoms with E-state index in [9.17, 15) is 0 Å². The predicted octanol–water partition coefficient (Wildman–Crippen LogP) is 4.36. The number of rotatable bonds is 1. The van der Waals surface area contributed by atoms with Crippen LogP contribution in [0, 0.1) is 0 Å². The lowest BCUT2D eigenvalue weighted by Gasteiger charge is -2.18. The summed E-state index contributed by atoms with van der Waals surface area (Å²) in [5, 5.41) is 2.62. The Morgan fingerprint density at radius 2 is 1.26 bits per heavy atom. The standard InChI is InChI=1S/C18H15N/c1-2-6-15-11-18(10-9-14(15)5-1)19-12-16-7-3-4-8-17(16)13-19/h1-11H,12-13H2. The maximum absolute atomic E-state index is 2.44. The molecule has 3 aromatic carbocycles. The second kappa shape index (κ2) is 4.13. The van der Waals surface area contributed by atoms with Gasteiger partial charge in [0.1, 0.15) is 0 Å². The van der Waals surface area contributed by atoms with Crippen molar-refractivity contribution in [3.05, 3.63) is 77.9 Å². The van der Waals surface area contributed by atoms with Crippen molar-refractivity contribution in [1.82, 2.24) is 0 Å². The van der Waals surface area contributed by atoms with Gasteiger partial charge in [-0.1, -0.05) is 54.6 Å². The molecule has 3 aromatic rings. The number of hydrogen-bond donors (Lipinski definition) is 0. The number of anilines is 1. The smallest absolute Gasteiger partial charge is 0.0436 e. The zero-order chi connectivity index (χ0) is 12.7. The van der Waals surface area contributed by atoms with Crippen LogP contribution in [0.2, 0.25) is 0 Å². The van der Waals surface area contributed by atoms with Gasteiger partial charge in [-0.2, -0.15) is 0 Å². The normalized spacial score (nSPS) is 13.8. The quantitative estimate of drug-likeness (QED) is 0.615. The first-order valence-electron chi connectivity index (χ1n) is 6.71. The van der Waals surface area contributed by atoms with E-state index in [1.165, 1.54) is 27.6 Å². The summed E-state index contributed by atoms with van der Waals surface area (Å²) in [6, 6.07) is 24.0. The summed E-state index contributed by atoms with van der Waals surface area (Å²) < 4.78 is 0. The topological polar surface area (TPSA) is 3.24 Å². The van der Waals surface area contributed by atoms with Crippen molar-refractivity contribution in [2.75, 3.05) is 4.90 Å². The summed E-state index contributed by atoms with van der Waals surface area (Å²) >= 11 is 0. The Kier molecular flexibility index (Phi) is 2.31. The molecule has 1 heteroatoms. The Morgan fingerprint density at radius 3 is 2.00 bits per heavy atom. The Bertz CT molecular complexity index is 720. The molecule has 1 nitrogen and oxygen atoms in total. The molecule has 92 valence electrons. The summed E-state index contributed by atoms with van der Waals surface area (Å²) in [5.41, 5.74) is 4.22. The highest BCUT2D eigenvalue weighted by molar-refractivity contribution is 5.86. The molecule has 0 aromatic heterocycles. The van der Waals surface area contributed by atoms with Crippen molar-refractivity contribution >= 4 is 16.5 Å². The molecule has 0 bridgehead atoms. The average Bonchev–Trinajstić information content (AvgIpc) is 2.90. The fourth-order valence-corrected chi connectivity index (χ4v) is 2.89. The molecule has 0 spiro atoms. The SMILES string of the molecule is c1ccc2c(c1)CN(c1ccc3ccccc3c1)C2. The molecular formula is C18H15N. The van der Waals surface area contributed by atoms with Crippen molar-refractivity contribution < 1.29 is 0 Å². The van der Waals surface area contributed by atoms with Gasteiger partial charge in [0.25, 0.3) is 0 Å². The number of benzene rings is 3. The number of hydrogen-bond acceptors (Lipinski definition) is 1. The summed E-state index contributed by atoms with van der Waals surface area (Å²) in [6.45, 7) is 2.04. The second-order valence-corrected chi connectivity index (χ2v) is 5.16. The first-order chi connectivity index (χ1) is 9.40. The fraction of sp³-hybridized carbons (Fsp3) is 0.111. The van der Waals surface area contributed by atoms with Gasteiger partial charge >= 0.3 is 0 Å². The first-order valence-corrected chi connectivity index (χ1v) is 6.71. The molecular weight excluding hydrogens is 230 g/mol. The fourth-order valence-electron chi connectivity index (χ4n) is 2.89.